The van der Waals surface area contributed by atoms with Crippen molar-refractivity contribution in [3.8, 4) is 5.75 Å². The number of carbonyl (C=O) groups excluding carboxylic acids is 2. The number of nitrogens with zero attached hydrogens (tertiary/aromatic N) is 3. The van der Waals surface area contributed by atoms with E-state index in [0.29, 0.717) is 29.6 Å². The maximum atomic E-state index is 13.3. The van der Waals surface area contributed by atoms with Gasteiger partial charge in [-0.2, -0.15) is 0 Å². The summed E-state index contributed by atoms with van der Waals surface area (Å²) in [6, 6.07) is 26.0. The van der Waals surface area contributed by atoms with Crippen molar-refractivity contribution in [1.82, 2.24) is 14.9 Å². The summed E-state index contributed by atoms with van der Waals surface area (Å²) in [5.41, 5.74) is 8.42. The van der Waals surface area contributed by atoms with Gasteiger partial charge in [-0.05, 0) is 47.5 Å². The molecule has 0 unspecified atom stereocenters. The van der Waals surface area contributed by atoms with Gasteiger partial charge in [-0.1, -0.05) is 48.5 Å². The Morgan fingerprint density at radius 2 is 1.60 bits per heavy atom. The van der Waals surface area contributed by atoms with Crippen LogP contribution >= 0.6 is 0 Å². The normalized spacial score (nSPS) is 10.4. The Balaban J connectivity index is 1.43. The molecule has 8 heteroatoms. The predicted octanol–water partition coefficient (Wildman–Crippen LogP) is 3.93. The molecule has 0 saturated heterocycles. The molecule has 0 aliphatic rings. The number of primary amides is 1. The van der Waals surface area contributed by atoms with Crippen LogP contribution in [-0.2, 0) is 17.9 Å². The topological polar surface area (TPSA) is 110 Å². The molecule has 8 nitrogen and oxygen atoms in total. The molecule has 4 aromatic rings. The predicted molar refractivity (Wildman–Crippen MR) is 133 cm³/mol. The summed E-state index contributed by atoms with van der Waals surface area (Å²) in [5, 5.41) is 3.06. The van der Waals surface area contributed by atoms with Gasteiger partial charge in [0.15, 0.2) is 0 Å². The average Bonchev–Trinajstić information content (AvgIpc) is 2.88. The molecule has 2 amide bonds. The highest BCUT2D eigenvalue weighted by atomic mass is 16.5. The molecule has 0 spiro atoms. The third-order valence-corrected chi connectivity index (χ3v) is 5.11. The molecule has 0 saturated carbocycles. The molecule has 4 rings (SSSR count). The second-order valence-corrected chi connectivity index (χ2v) is 7.82. The first-order valence-electron chi connectivity index (χ1n) is 11.0. The number of benzene rings is 3. The molecule has 0 bridgehead atoms. The summed E-state index contributed by atoms with van der Waals surface area (Å²) < 4.78 is 5.82. The van der Waals surface area contributed by atoms with E-state index in [1.165, 1.54) is 4.90 Å². The molecule has 0 aliphatic carbocycles. The maximum Gasteiger partial charge on any atom is 0.254 e. The Hall–Kier alpha value is -4.72. The number of carbonyl (C=O) groups is 2. The maximum absolute atomic E-state index is 13.3. The van der Waals surface area contributed by atoms with E-state index in [4.69, 9.17) is 10.5 Å². The number of amides is 2. The fourth-order valence-corrected chi connectivity index (χ4v) is 3.45. The number of ether oxygens (including phenoxy) is 1. The lowest BCUT2D eigenvalue weighted by Gasteiger charge is -2.22. The third-order valence-electron chi connectivity index (χ3n) is 5.11. The van der Waals surface area contributed by atoms with Gasteiger partial charge in [0.2, 0.25) is 11.9 Å². The van der Waals surface area contributed by atoms with Crippen molar-refractivity contribution in [3.05, 3.63) is 114 Å². The van der Waals surface area contributed by atoms with Crippen molar-refractivity contribution in [1.29, 1.82) is 0 Å². The van der Waals surface area contributed by atoms with E-state index in [1.807, 2.05) is 54.6 Å². The van der Waals surface area contributed by atoms with Crippen LogP contribution in [-0.4, -0.2) is 33.2 Å². The lowest BCUT2D eigenvalue weighted by atomic mass is 10.1. The van der Waals surface area contributed by atoms with Crippen LogP contribution < -0.4 is 15.8 Å². The number of nitrogens with one attached hydrogen (secondary N) is 1. The SMILES string of the molecule is NC(=O)CN(Cc1ccc(OCc2ccccc2)cc1)C(=O)c1cccc(Nc2ncccn2)c1. The van der Waals surface area contributed by atoms with Crippen LogP contribution in [0.1, 0.15) is 21.5 Å². The van der Waals surface area contributed by atoms with Crippen molar-refractivity contribution < 1.29 is 14.3 Å². The Morgan fingerprint density at radius 3 is 2.31 bits per heavy atom. The fraction of sp³-hybridized carbons (Fsp3) is 0.111. The molecular formula is C27H25N5O3. The first kappa shape index (κ1) is 23.4. The Bertz CT molecular complexity index is 1270. The van der Waals surface area contributed by atoms with Crippen LogP contribution in [0.2, 0.25) is 0 Å². The van der Waals surface area contributed by atoms with Crippen LogP contribution in [0, 0.1) is 0 Å². The molecule has 1 heterocycles. The van der Waals surface area contributed by atoms with Crippen molar-refractivity contribution in [2.45, 2.75) is 13.2 Å². The van der Waals surface area contributed by atoms with Crippen LogP contribution in [0.4, 0.5) is 11.6 Å². The summed E-state index contributed by atoms with van der Waals surface area (Å²) in [6.07, 6.45) is 3.24. The van der Waals surface area contributed by atoms with Crippen LogP contribution in [0.3, 0.4) is 0 Å². The molecule has 3 N–H and O–H groups in total. The van der Waals surface area contributed by atoms with Gasteiger partial charge in [-0.3, -0.25) is 9.59 Å². The molecule has 35 heavy (non-hydrogen) atoms. The van der Waals surface area contributed by atoms with Gasteiger partial charge < -0.3 is 20.7 Å². The smallest absolute Gasteiger partial charge is 0.254 e. The molecular weight excluding hydrogens is 442 g/mol. The van der Waals surface area contributed by atoms with E-state index < -0.39 is 5.91 Å². The zero-order valence-electron chi connectivity index (χ0n) is 19.0. The van der Waals surface area contributed by atoms with Crippen molar-refractivity contribution in [3.63, 3.8) is 0 Å². The Kier molecular flexibility index (Phi) is 7.65. The zero-order valence-corrected chi connectivity index (χ0v) is 19.0. The first-order chi connectivity index (χ1) is 17.1. The molecule has 0 aliphatic heterocycles. The molecule has 1 aromatic heterocycles. The van der Waals surface area contributed by atoms with Gasteiger partial charge in [0, 0.05) is 30.2 Å². The summed E-state index contributed by atoms with van der Waals surface area (Å²) in [5.74, 6) is 0.229. The highest BCUT2D eigenvalue weighted by Gasteiger charge is 2.19. The second-order valence-electron chi connectivity index (χ2n) is 7.82. The van der Waals surface area contributed by atoms with E-state index in [0.717, 1.165) is 11.1 Å². The molecule has 3 aromatic carbocycles. The quantitative estimate of drug-likeness (QED) is 0.366. The number of anilines is 2. The summed E-state index contributed by atoms with van der Waals surface area (Å²) in [4.78, 5) is 34.6. The van der Waals surface area contributed by atoms with Gasteiger partial charge in [-0.15, -0.1) is 0 Å². The highest BCUT2D eigenvalue weighted by molar-refractivity contribution is 5.97. The van der Waals surface area contributed by atoms with E-state index in [9.17, 15) is 9.59 Å². The monoisotopic (exact) mass is 467 g/mol. The molecule has 0 radical (unpaired) electrons. The van der Waals surface area contributed by atoms with Gasteiger partial charge >= 0.3 is 0 Å². The van der Waals surface area contributed by atoms with Crippen LogP contribution in [0.5, 0.6) is 5.75 Å². The number of hydrogen-bond donors (Lipinski definition) is 2. The third kappa shape index (κ3) is 6.88. The number of nitrogens with two attached hydrogens (primary N) is 1. The van der Waals surface area contributed by atoms with Gasteiger partial charge in [0.1, 0.15) is 12.4 Å². The summed E-state index contributed by atoms with van der Waals surface area (Å²) >= 11 is 0. The highest BCUT2D eigenvalue weighted by Crippen LogP contribution is 2.19. The second kappa shape index (κ2) is 11.4. The number of rotatable bonds is 10. The minimum atomic E-state index is -0.590. The zero-order chi connectivity index (χ0) is 24.5. The summed E-state index contributed by atoms with van der Waals surface area (Å²) in [7, 11) is 0. The fourth-order valence-electron chi connectivity index (χ4n) is 3.45. The van der Waals surface area contributed by atoms with Crippen molar-refractivity contribution in [2.75, 3.05) is 11.9 Å². The van der Waals surface area contributed by atoms with E-state index in [1.54, 1.807) is 42.7 Å². The van der Waals surface area contributed by atoms with Crippen molar-refractivity contribution in [2.24, 2.45) is 5.73 Å². The lowest BCUT2D eigenvalue weighted by Crippen LogP contribution is -2.38. The molecule has 176 valence electrons. The minimum absolute atomic E-state index is 0.204. The van der Waals surface area contributed by atoms with Crippen molar-refractivity contribution >= 4 is 23.5 Å². The van der Waals surface area contributed by atoms with Crippen LogP contribution in [0.25, 0.3) is 0 Å². The standard InChI is InChI=1S/C27H25N5O3/c28-25(33)18-32(17-20-10-12-24(13-11-20)35-19-21-6-2-1-3-7-21)26(34)22-8-4-9-23(16-22)31-27-29-14-5-15-30-27/h1-16H,17-19H2,(H2,28,33)(H,29,30,31). The number of aromatic nitrogens is 2. The van der Waals surface area contributed by atoms with Gasteiger partial charge in [0.05, 0.1) is 6.54 Å². The summed E-state index contributed by atoms with van der Waals surface area (Å²) in [6.45, 7) is 0.482. The largest absolute Gasteiger partial charge is 0.489 e. The Labute approximate surface area is 203 Å². The lowest BCUT2D eigenvalue weighted by molar-refractivity contribution is -0.118. The van der Waals surface area contributed by atoms with E-state index >= 15 is 0 Å². The molecule has 0 fully saturated rings. The first-order valence-corrected chi connectivity index (χ1v) is 11.0. The van der Waals surface area contributed by atoms with E-state index in [-0.39, 0.29) is 19.0 Å². The van der Waals surface area contributed by atoms with Crippen LogP contribution in [0.15, 0.2) is 97.3 Å². The minimum Gasteiger partial charge on any atom is -0.489 e. The van der Waals surface area contributed by atoms with Gasteiger partial charge in [0.25, 0.3) is 5.91 Å². The average molecular weight is 468 g/mol. The van der Waals surface area contributed by atoms with E-state index in [2.05, 4.69) is 15.3 Å². The number of hydrogen-bond acceptors (Lipinski definition) is 6. The molecule has 0 atom stereocenters. The Morgan fingerprint density at radius 1 is 0.857 bits per heavy atom. The van der Waals surface area contributed by atoms with Gasteiger partial charge in [-0.25, -0.2) is 9.97 Å².